The molecule has 0 fully saturated rings. The molecule has 0 saturated carbocycles. The van der Waals surface area contributed by atoms with Gasteiger partial charge >= 0.3 is 0 Å². The highest BCUT2D eigenvalue weighted by Crippen LogP contribution is 2.33. The normalized spacial score (nSPS) is 11.1. The number of fused-ring (bicyclic) bond motifs is 1. The average molecular weight is 401 g/mol. The highest BCUT2D eigenvalue weighted by molar-refractivity contribution is 5.94. The van der Waals surface area contributed by atoms with Crippen molar-refractivity contribution in [3.8, 4) is 17.0 Å². The van der Waals surface area contributed by atoms with E-state index in [2.05, 4.69) is 46.6 Å². The van der Waals surface area contributed by atoms with Gasteiger partial charge in [0.15, 0.2) is 0 Å². The molecule has 0 aliphatic rings. The van der Waals surface area contributed by atoms with E-state index in [9.17, 15) is 0 Å². The largest absolute Gasteiger partial charge is 0.495 e. The monoisotopic (exact) mass is 401 g/mol. The summed E-state index contributed by atoms with van der Waals surface area (Å²) in [6.07, 6.45) is 7.59. The molecule has 0 atom stereocenters. The van der Waals surface area contributed by atoms with Crippen molar-refractivity contribution in [1.82, 2.24) is 19.5 Å². The van der Waals surface area contributed by atoms with Crippen molar-refractivity contribution < 1.29 is 9.31 Å². The van der Waals surface area contributed by atoms with Gasteiger partial charge in [0.1, 0.15) is 19.5 Å². The van der Waals surface area contributed by atoms with Crippen LogP contribution >= 0.6 is 0 Å². The molecule has 152 valence electrons. The van der Waals surface area contributed by atoms with E-state index in [0.717, 1.165) is 33.5 Å². The van der Waals surface area contributed by atoms with Crippen molar-refractivity contribution in [2.24, 2.45) is 0 Å². The molecule has 0 spiro atoms. The second kappa shape index (κ2) is 7.94. The minimum atomic E-state index is 0.316. The number of pyridine rings is 1. The number of rotatable bonds is 6. The SMILES string of the molecule is C=[N+](C)c1ccc(OC)c(Nc2nccc(-c3cn(C(C)C)c4cnccc34)n2)c1. The van der Waals surface area contributed by atoms with Crippen LogP contribution in [0.15, 0.2) is 55.1 Å². The van der Waals surface area contributed by atoms with Crippen LogP contribution in [0, 0.1) is 0 Å². The first-order valence-electron chi connectivity index (χ1n) is 9.75. The molecule has 0 radical (unpaired) electrons. The average Bonchev–Trinajstić information content (AvgIpc) is 3.14. The van der Waals surface area contributed by atoms with Gasteiger partial charge in [-0.1, -0.05) is 0 Å². The lowest BCUT2D eigenvalue weighted by atomic mass is 10.1. The minimum absolute atomic E-state index is 0.316. The highest BCUT2D eigenvalue weighted by Gasteiger charge is 2.15. The van der Waals surface area contributed by atoms with Crippen molar-refractivity contribution in [3.05, 3.63) is 55.1 Å². The van der Waals surface area contributed by atoms with Crippen LogP contribution in [0.4, 0.5) is 17.3 Å². The molecule has 30 heavy (non-hydrogen) atoms. The Hall–Kier alpha value is -3.74. The molecule has 3 heterocycles. The fraction of sp³-hybridized carbons (Fsp3) is 0.217. The Morgan fingerprint density at radius 2 is 2.00 bits per heavy atom. The van der Waals surface area contributed by atoms with Crippen molar-refractivity contribution in [2.75, 3.05) is 19.5 Å². The van der Waals surface area contributed by atoms with E-state index in [1.165, 1.54) is 0 Å². The van der Waals surface area contributed by atoms with Crippen LogP contribution < -0.4 is 10.1 Å². The van der Waals surface area contributed by atoms with Gasteiger partial charge in [-0.15, -0.1) is 0 Å². The predicted molar refractivity (Wildman–Crippen MR) is 120 cm³/mol. The van der Waals surface area contributed by atoms with E-state index < -0.39 is 0 Å². The number of anilines is 2. The van der Waals surface area contributed by atoms with Gasteiger partial charge in [-0.3, -0.25) is 4.98 Å². The van der Waals surface area contributed by atoms with Gasteiger partial charge in [0.2, 0.25) is 11.6 Å². The predicted octanol–water partition coefficient (Wildman–Crippen LogP) is 4.80. The van der Waals surface area contributed by atoms with Gasteiger partial charge in [0, 0.05) is 47.7 Å². The van der Waals surface area contributed by atoms with Gasteiger partial charge in [-0.05, 0) is 32.0 Å². The Kier molecular flexibility index (Phi) is 5.18. The second-order valence-electron chi connectivity index (χ2n) is 7.41. The van der Waals surface area contributed by atoms with Crippen LogP contribution in [0.1, 0.15) is 19.9 Å². The van der Waals surface area contributed by atoms with E-state index in [1.54, 1.807) is 17.9 Å². The third-order valence-electron chi connectivity index (χ3n) is 4.99. The number of aromatic nitrogens is 4. The Morgan fingerprint density at radius 3 is 2.73 bits per heavy atom. The molecule has 1 N–H and O–H groups in total. The fourth-order valence-corrected chi connectivity index (χ4v) is 3.45. The maximum Gasteiger partial charge on any atom is 0.227 e. The van der Waals surface area contributed by atoms with Crippen LogP contribution in [0.5, 0.6) is 5.75 Å². The topological polar surface area (TPSA) is 67.9 Å². The molecule has 0 amide bonds. The molecule has 4 aromatic rings. The summed E-state index contributed by atoms with van der Waals surface area (Å²) in [6.45, 7) is 8.25. The van der Waals surface area contributed by atoms with Crippen LogP contribution in [-0.2, 0) is 0 Å². The van der Waals surface area contributed by atoms with Crippen LogP contribution in [0.2, 0.25) is 0 Å². The van der Waals surface area contributed by atoms with E-state index >= 15 is 0 Å². The molecule has 7 heteroatoms. The van der Waals surface area contributed by atoms with Gasteiger partial charge in [0.05, 0.1) is 30.2 Å². The molecule has 1 aromatic carbocycles. The molecular weight excluding hydrogens is 376 g/mol. The minimum Gasteiger partial charge on any atom is -0.495 e. The summed E-state index contributed by atoms with van der Waals surface area (Å²) >= 11 is 0. The zero-order valence-electron chi connectivity index (χ0n) is 17.6. The Balaban J connectivity index is 1.76. The maximum atomic E-state index is 5.49. The van der Waals surface area contributed by atoms with Gasteiger partial charge in [-0.25, -0.2) is 14.5 Å². The first-order chi connectivity index (χ1) is 14.5. The molecule has 4 rings (SSSR count). The van der Waals surface area contributed by atoms with Gasteiger partial charge in [-0.2, -0.15) is 0 Å². The fourth-order valence-electron chi connectivity index (χ4n) is 3.45. The molecule has 3 aromatic heterocycles. The summed E-state index contributed by atoms with van der Waals surface area (Å²) in [4.78, 5) is 13.5. The molecule has 0 aliphatic carbocycles. The Bertz CT molecular complexity index is 1230. The Labute approximate surface area is 175 Å². The van der Waals surface area contributed by atoms with Crippen LogP contribution in [-0.4, -0.2) is 45.0 Å². The second-order valence-corrected chi connectivity index (χ2v) is 7.41. The molecule has 0 unspecified atom stereocenters. The van der Waals surface area contributed by atoms with Gasteiger partial charge < -0.3 is 14.6 Å². The first kappa shape index (κ1) is 19.6. The smallest absolute Gasteiger partial charge is 0.227 e. The van der Waals surface area contributed by atoms with Crippen molar-refractivity contribution >= 4 is 34.9 Å². The number of ether oxygens (including phenoxy) is 1. The van der Waals surface area contributed by atoms with E-state index in [1.807, 2.05) is 49.8 Å². The van der Waals surface area contributed by atoms with E-state index in [4.69, 9.17) is 9.72 Å². The maximum absolute atomic E-state index is 5.49. The summed E-state index contributed by atoms with van der Waals surface area (Å²) in [5.41, 5.74) is 4.69. The standard InChI is InChI=1S/C23H25N6O/c1-15(2)29-14-18(17-8-10-24-13-21(17)29)19-9-11-25-23(26-19)27-20-12-16(28(3)4)6-7-22(20)30-5/h6-15H,3H2,1-2,4-5H3,(H,25,26,27)/q+1. The van der Waals surface area contributed by atoms with Crippen molar-refractivity contribution in [2.45, 2.75) is 19.9 Å². The van der Waals surface area contributed by atoms with E-state index in [0.29, 0.717) is 17.7 Å². The third-order valence-corrected chi connectivity index (χ3v) is 4.99. The quantitative estimate of drug-likeness (QED) is 0.371. The summed E-state index contributed by atoms with van der Waals surface area (Å²) in [5, 5.41) is 4.40. The molecular formula is C23H25N6O+. The summed E-state index contributed by atoms with van der Waals surface area (Å²) in [7, 11) is 3.53. The first-order valence-corrected chi connectivity index (χ1v) is 9.75. The van der Waals surface area contributed by atoms with Crippen molar-refractivity contribution in [1.29, 1.82) is 0 Å². The number of nitrogens with zero attached hydrogens (tertiary/aromatic N) is 5. The number of methoxy groups -OCH3 is 1. The zero-order valence-corrected chi connectivity index (χ0v) is 17.6. The van der Waals surface area contributed by atoms with Crippen LogP contribution in [0.3, 0.4) is 0 Å². The lowest BCUT2D eigenvalue weighted by Crippen LogP contribution is -2.01. The van der Waals surface area contributed by atoms with Crippen molar-refractivity contribution in [3.63, 3.8) is 0 Å². The molecule has 0 aliphatic heterocycles. The lowest BCUT2D eigenvalue weighted by molar-refractivity contribution is -0.394. The molecule has 7 nitrogen and oxygen atoms in total. The number of hydrogen-bond donors (Lipinski definition) is 1. The van der Waals surface area contributed by atoms with Crippen LogP contribution in [0.25, 0.3) is 22.2 Å². The zero-order chi connectivity index (χ0) is 21.3. The molecule has 0 saturated heterocycles. The molecule has 0 bridgehead atoms. The summed E-state index contributed by atoms with van der Waals surface area (Å²) in [6, 6.07) is 10.1. The van der Waals surface area contributed by atoms with E-state index in [-0.39, 0.29) is 0 Å². The number of benzene rings is 1. The lowest BCUT2D eigenvalue weighted by Gasteiger charge is -2.11. The number of nitrogens with one attached hydrogen (secondary N) is 1. The summed E-state index contributed by atoms with van der Waals surface area (Å²) in [5.74, 6) is 1.20. The highest BCUT2D eigenvalue weighted by atomic mass is 16.5. The van der Waals surface area contributed by atoms with Gasteiger partial charge in [0.25, 0.3) is 0 Å². The third kappa shape index (κ3) is 3.61. The Morgan fingerprint density at radius 1 is 1.17 bits per heavy atom. The number of hydrogen-bond acceptors (Lipinski definition) is 5. The summed E-state index contributed by atoms with van der Waals surface area (Å²) < 4.78 is 9.49.